The molecule has 2 rings (SSSR count). The maximum atomic E-state index is 10.8. The van der Waals surface area contributed by atoms with Gasteiger partial charge in [0.25, 0.3) is 6.47 Å². The van der Waals surface area contributed by atoms with Crippen molar-refractivity contribution in [3.63, 3.8) is 0 Å². The van der Waals surface area contributed by atoms with Crippen molar-refractivity contribution in [2.45, 2.75) is 18.1 Å². The van der Waals surface area contributed by atoms with Crippen molar-refractivity contribution in [1.29, 1.82) is 10.0 Å². The molecule has 2 unspecified atom stereocenters. The van der Waals surface area contributed by atoms with Gasteiger partial charge in [0.2, 0.25) is 0 Å². The summed E-state index contributed by atoms with van der Waals surface area (Å²) in [6.45, 7) is 2.18. The Bertz CT molecular complexity index is 733. The molecule has 0 amide bonds. The molecule has 2 aromatic rings. The van der Waals surface area contributed by atoms with E-state index in [0.717, 1.165) is 5.69 Å². The summed E-state index contributed by atoms with van der Waals surface area (Å²) in [5, 5.41) is 9.60. The van der Waals surface area contributed by atoms with Gasteiger partial charge in [-0.2, -0.15) is 5.26 Å². The van der Waals surface area contributed by atoms with Gasteiger partial charge in [-0.1, -0.05) is 22.8 Å². The largest absolute Gasteiger partial charge is 0.451 e. The van der Waals surface area contributed by atoms with Crippen molar-refractivity contribution in [1.82, 2.24) is 9.97 Å². The average Bonchev–Trinajstić information content (AvgIpc) is 2.86. The van der Waals surface area contributed by atoms with E-state index in [-0.39, 0.29) is 0 Å². The molecule has 2 N–H and O–H groups in total. The number of ether oxygens (including phenoxy) is 1. The Morgan fingerprint density at radius 3 is 2.90 bits per heavy atom. The van der Waals surface area contributed by atoms with Gasteiger partial charge in [-0.25, -0.2) is 4.98 Å². The van der Waals surface area contributed by atoms with Crippen LogP contribution in [0.15, 0.2) is 29.3 Å². The molecular weight excluding hydrogens is 288 g/mol. The van der Waals surface area contributed by atoms with Gasteiger partial charge in [0.05, 0.1) is 11.6 Å². The van der Waals surface area contributed by atoms with Crippen molar-refractivity contribution in [3.8, 4) is 6.07 Å². The monoisotopic (exact) mass is 302 g/mol. The number of hydrogen-bond donors (Lipinski definition) is 2. The molecule has 0 aliphatic rings. The van der Waals surface area contributed by atoms with E-state index >= 15 is 0 Å². The van der Waals surface area contributed by atoms with Crippen LogP contribution in [-0.2, 0) is 20.2 Å². The Labute approximate surface area is 124 Å². The number of H-pyrrole nitrogens is 1. The van der Waals surface area contributed by atoms with E-state index in [4.69, 9.17) is 14.8 Å². The number of aromatic nitrogens is 2. The summed E-state index contributed by atoms with van der Waals surface area (Å²) >= 11 is 0. The number of rotatable bonds is 5. The molecule has 108 valence electrons. The lowest BCUT2D eigenvalue weighted by Crippen LogP contribution is -2.07. The summed E-state index contributed by atoms with van der Waals surface area (Å²) in [5.41, 5.74) is 1.91. The molecule has 0 aliphatic carbocycles. The fraction of sp³-hybridized carbons (Fsp3) is 0.214. The second-order valence-electron chi connectivity index (χ2n) is 4.41. The van der Waals surface area contributed by atoms with E-state index in [2.05, 4.69) is 9.97 Å². The lowest BCUT2D eigenvalue weighted by Gasteiger charge is -2.13. The van der Waals surface area contributed by atoms with Gasteiger partial charge in [-0.05, 0) is 25.3 Å². The molecule has 0 fully saturated rings. The molecule has 2 atom stereocenters. The Balaban J connectivity index is 2.48. The first kappa shape index (κ1) is 14.9. The molecule has 1 aromatic carbocycles. The molecule has 1 heterocycles. The van der Waals surface area contributed by atoms with Crippen LogP contribution in [0.4, 0.5) is 0 Å². The second-order valence-corrected chi connectivity index (χ2v) is 5.82. The Morgan fingerprint density at radius 2 is 2.33 bits per heavy atom. The highest BCUT2D eigenvalue weighted by Gasteiger charge is 2.21. The number of nitrogens with one attached hydrogen (secondary N) is 2. The van der Waals surface area contributed by atoms with Crippen molar-refractivity contribution in [3.05, 3.63) is 46.9 Å². The first-order valence-electron chi connectivity index (χ1n) is 6.09. The SMILES string of the molecule is Cc1[nH]c(C(OC=O)c2cccc(C#N)c2)nc1S(C)=N. The predicted octanol–water partition coefficient (Wildman–Crippen LogP) is 2.22. The molecule has 1 aromatic heterocycles. The fourth-order valence-corrected chi connectivity index (χ4v) is 2.76. The van der Waals surface area contributed by atoms with Gasteiger partial charge in [0.15, 0.2) is 11.9 Å². The van der Waals surface area contributed by atoms with Gasteiger partial charge in [-0.3, -0.25) is 9.57 Å². The Hall–Kier alpha value is -2.46. The lowest BCUT2D eigenvalue weighted by atomic mass is 10.1. The van der Waals surface area contributed by atoms with Crippen LogP contribution in [0.2, 0.25) is 0 Å². The number of hydrogen-bond acceptors (Lipinski definition) is 5. The Kier molecular flexibility index (Phi) is 4.50. The summed E-state index contributed by atoms with van der Waals surface area (Å²) in [6, 6.07) is 8.86. The maximum Gasteiger partial charge on any atom is 0.294 e. The van der Waals surface area contributed by atoms with Gasteiger partial charge in [0, 0.05) is 11.3 Å². The standard InChI is InChI=1S/C14H14N4O2S/c1-9-14(21(2)16)18-13(17-9)12(20-8-19)11-5-3-4-10(6-11)7-15/h3-6,8,12,16H,1-2H3,(H,17,18). The van der Waals surface area contributed by atoms with E-state index in [1.54, 1.807) is 30.5 Å². The van der Waals surface area contributed by atoms with Crippen molar-refractivity contribution in [2.24, 2.45) is 0 Å². The Morgan fingerprint density at radius 1 is 1.57 bits per heavy atom. The normalized spacial score (nSPS) is 13.2. The molecule has 0 aliphatic heterocycles. The zero-order valence-corrected chi connectivity index (χ0v) is 12.4. The molecule has 21 heavy (non-hydrogen) atoms. The van der Waals surface area contributed by atoms with Crippen molar-refractivity contribution in [2.75, 3.05) is 6.26 Å². The molecule has 0 spiro atoms. The van der Waals surface area contributed by atoms with Gasteiger partial charge in [-0.15, -0.1) is 0 Å². The van der Waals surface area contributed by atoms with Crippen LogP contribution in [0.1, 0.15) is 28.7 Å². The van der Waals surface area contributed by atoms with Crippen LogP contribution < -0.4 is 0 Å². The maximum absolute atomic E-state index is 10.8. The van der Waals surface area contributed by atoms with Crippen LogP contribution in [0.3, 0.4) is 0 Å². The summed E-state index contributed by atoms with van der Waals surface area (Å²) in [7, 11) is -0.741. The summed E-state index contributed by atoms with van der Waals surface area (Å²) in [4.78, 5) is 18.2. The van der Waals surface area contributed by atoms with Crippen molar-refractivity contribution < 1.29 is 9.53 Å². The number of carbonyl (C=O) groups is 1. The topological polar surface area (TPSA) is 103 Å². The van der Waals surface area contributed by atoms with E-state index in [9.17, 15) is 4.79 Å². The third kappa shape index (κ3) is 3.17. The van der Waals surface area contributed by atoms with Crippen LogP contribution in [0.5, 0.6) is 0 Å². The first-order chi connectivity index (χ1) is 10.1. The summed E-state index contributed by atoms with van der Waals surface area (Å²) in [5.74, 6) is 0.455. The number of imidazole rings is 1. The van der Waals surface area contributed by atoms with E-state index < -0.39 is 16.8 Å². The minimum absolute atomic E-state index is 0.355. The highest BCUT2D eigenvalue weighted by Crippen LogP contribution is 2.25. The molecule has 0 saturated heterocycles. The highest BCUT2D eigenvalue weighted by atomic mass is 32.2. The number of aromatic amines is 1. The molecule has 7 heteroatoms. The number of carbonyl (C=O) groups excluding carboxylic acids is 1. The average molecular weight is 302 g/mol. The molecule has 0 saturated carbocycles. The summed E-state index contributed by atoms with van der Waals surface area (Å²) < 4.78 is 12.9. The third-order valence-corrected chi connectivity index (χ3v) is 3.88. The van der Waals surface area contributed by atoms with Crippen LogP contribution >= 0.6 is 0 Å². The zero-order chi connectivity index (χ0) is 15.4. The third-order valence-electron chi connectivity index (χ3n) is 2.91. The molecule has 0 radical (unpaired) electrons. The second kappa shape index (κ2) is 6.33. The predicted molar refractivity (Wildman–Crippen MR) is 77.7 cm³/mol. The fourth-order valence-electron chi connectivity index (χ4n) is 2.02. The van der Waals surface area contributed by atoms with Crippen LogP contribution in [-0.4, -0.2) is 22.7 Å². The lowest BCUT2D eigenvalue weighted by molar-refractivity contribution is -0.132. The molecular formula is C14H14N4O2S. The van der Waals surface area contributed by atoms with E-state index in [1.165, 1.54) is 0 Å². The van der Waals surface area contributed by atoms with E-state index in [1.807, 2.05) is 13.0 Å². The zero-order valence-electron chi connectivity index (χ0n) is 11.6. The number of aryl methyl sites for hydroxylation is 1. The van der Waals surface area contributed by atoms with Gasteiger partial charge >= 0.3 is 0 Å². The van der Waals surface area contributed by atoms with Crippen molar-refractivity contribution >= 4 is 17.2 Å². The molecule has 6 nitrogen and oxygen atoms in total. The van der Waals surface area contributed by atoms with E-state index in [0.29, 0.717) is 28.4 Å². The minimum Gasteiger partial charge on any atom is -0.451 e. The first-order valence-corrected chi connectivity index (χ1v) is 7.73. The van der Waals surface area contributed by atoms with Gasteiger partial charge in [0.1, 0.15) is 5.03 Å². The van der Waals surface area contributed by atoms with Crippen LogP contribution in [0.25, 0.3) is 0 Å². The number of nitrogens with zero attached hydrogens (tertiary/aromatic N) is 2. The molecule has 0 bridgehead atoms. The number of benzene rings is 1. The summed E-state index contributed by atoms with van der Waals surface area (Å²) in [6.07, 6.45) is 1.03. The number of nitriles is 1. The smallest absolute Gasteiger partial charge is 0.294 e. The quantitative estimate of drug-likeness (QED) is 0.826. The van der Waals surface area contributed by atoms with Gasteiger partial charge < -0.3 is 9.72 Å². The minimum atomic E-state index is -0.741. The highest BCUT2D eigenvalue weighted by molar-refractivity contribution is 7.85. The van der Waals surface area contributed by atoms with Crippen LogP contribution in [0, 0.1) is 23.0 Å².